The summed E-state index contributed by atoms with van der Waals surface area (Å²) in [6, 6.07) is 0.775. The molecule has 3 nitrogen and oxygen atoms in total. The first-order valence-electron chi connectivity index (χ1n) is 3.75. The Bertz CT molecular complexity index is 438. The van der Waals surface area contributed by atoms with Crippen LogP contribution in [-0.2, 0) is 6.54 Å². The lowest BCUT2D eigenvalue weighted by molar-refractivity contribution is -0.141. The maximum Gasteiger partial charge on any atom is 0.406 e. The van der Waals surface area contributed by atoms with Gasteiger partial charge in [0.2, 0.25) is 0 Å². The summed E-state index contributed by atoms with van der Waals surface area (Å²) in [5.41, 5.74) is -1.05. The summed E-state index contributed by atoms with van der Waals surface area (Å²) in [6.45, 7) is -1.44. The van der Waals surface area contributed by atoms with Crippen molar-refractivity contribution in [1.29, 1.82) is 0 Å². The lowest BCUT2D eigenvalue weighted by Gasteiger charge is -2.09. The predicted molar refractivity (Wildman–Crippen MR) is 47.2 cm³/mol. The first kappa shape index (κ1) is 11.8. The van der Waals surface area contributed by atoms with Gasteiger partial charge in [0.1, 0.15) is 6.54 Å². The third-order valence-electron chi connectivity index (χ3n) is 1.58. The maximum atomic E-state index is 12.0. The van der Waals surface area contributed by atoms with Crippen LogP contribution in [-0.4, -0.2) is 17.0 Å². The van der Waals surface area contributed by atoms with Gasteiger partial charge in [-0.25, -0.2) is 0 Å². The van der Waals surface area contributed by atoms with Crippen LogP contribution in [0.3, 0.4) is 0 Å². The summed E-state index contributed by atoms with van der Waals surface area (Å²) in [4.78, 5) is 21.4. The number of aromatic nitrogens is 1. The molecule has 1 heterocycles. The second kappa shape index (κ2) is 4.06. The van der Waals surface area contributed by atoms with Gasteiger partial charge >= 0.3 is 6.18 Å². The minimum Gasteiger partial charge on any atom is -0.306 e. The van der Waals surface area contributed by atoms with Gasteiger partial charge in [-0.3, -0.25) is 9.59 Å². The molecule has 0 atom stereocenters. The van der Waals surface area contributed by atoms with Crippen LogP contribution in [0.2, 0.25) is 5.02 Å². The van der Waals surface area contributed by atoms with Gasteiger partial charge < -0.3 is 4.57 Å². The van der Waals surface area contributed by atoms with Crippen LogP contribution in [0.4, 0.5) is 13.2 Å². The van der Waals surface area contributed by atoms with Crippen LogP contribution < -0.4 is 5.56 Å². The van der Waals surface area contributed by atoms with E-state index in [0.717, 1.165) is 12.3 Å². The SMILES string of the molecule is O=Cc1cn(CC(F)(F)F)c(=O)cc1Cl. The van der Waals surface area contributed by atoms with Crippen molar-refractivity contribution in [3.63, 3.8) is 0 Å². The number of rotatable bonds is 2. The average molecular weight is 240 g/mol. The van der Waals surface area contributed by atoms with Crippen molar-refractivity contribution >= 4 is 17.9 Å². The van der Waals surface area contributed by atoms with E-state index in [1.165, 1.54) is 0 Å². The van der Waals surface area contributed by atoms with Gasteiger partial charge in [0.25, 0.3) is 5.56 Å². The molecule has 7 heteroatoms. The van der Waals surface area contributed by atoms with Crippen molar-refractivity contribution in [2.45, 2.75) is 12.7 Å². The molecule has 82 valence electrons. The Morgan fingerprint density at radius 1 is 1.47 bits per heavy atom. The van der Waals surface area contributed by atoms with Crippen molar-refractivity contribution in [3.05, 3.63) is 33.2 Å². The summed E-state index contributed by atoms with van der Waals surface area (Å²) in [6.07, 6.45) is -3.45. The summed E-state index contributed by atoms with van der Waals surface area (Å²) in [5.74, 6) is 0. The Labute approximate surface area is 87.1 Å². The number of hydrogen-bond acceptors (Lipinski definition) is 2. The molecule has 0 aliphatic rings. The van der Waals surface area contributed by atoms with Gasteiger partial charge in [-0.15, -0.1) is 0 Å². The van der Waals surface area contributed by atoms with Crippen molar-refractivity contribution < 1.29 is 18.0 Å². The van der Waals surface area contributed by atoms with E-state index in [4.69, 9.17) is 11.6 Å². The normalized spacial score (nSPS) is 11.5. The zero-order valence-corrected chi connectivity index (χ0v) is 7.97. The number of alkyl halides is 3. The Morgan fingerprint density at radius 3 is 2.53 bits per heavy atom. The van der Waals surface area contributed by atoms with Gasteiger partial charge in [-0.1, -0.05) is 11.6 Å². The van der Waals surface area contributed by atoms with Crippen molar-refractivity contribution in [3.8, 4) is 0 Å². The predicted octanol–water partition coefficient (Wildman–Crippen LogP) is 1.88. The largest absolute Gasteiger partial charge is 0.406 e. The Balaban J connectivity index is 3.19. The highest BCUT2D eigenvalue weighted by atomic mass is 35.5. The molecule has 0 aliphatic carbocycles. The number of carbonyl (C=O) groups is 1. The zero-order chi connectivity index (χ0) is 11.6. The monoisotopic (exact) mass is 239 g/mol. The van der Waals surface area contributed by atoms with E-state index in [1.807, 2.05) is 0 Å². The Morgan fingerprint density at radius 2 is 2.07 bits per heavy atom. The first-order valence-corrected chi connectivity index (χ1v) is 4.13. The van der Waals surface area contributed by atoms with E-state index in [2.05, 4.69) is 0 Å². The van der Waals surface area contributed by atoms with Crippen LogP contribution in [0.1, 0.15) is 10.4 Å². The topological polar surface area (TPSA) is 39.1 Å². The number of halogens is 4. The van der Waals surface area contributed by atoms with Crippen molar-refractivity contribution in [2.75, 3.05) is 0 Å². The van der Waals surface area contributed by atoms with Gasteiger partial charge in [-0.2, -0.15) is 13.2 Å². The molecule has 1 rings (SSSR count). The molecular formula is C8H5ClF3NO2. The number of carbonyl (C=O) groups excluding carboxylic acids is 1. The van der Waals surface area contributed by atoms with Crippen LogP contribution in [0.5, 0.6) is 0 Å². The number of aldehydes is 1. The molecule has 0 aromatic carbocycles. The third kappa shape index (κ3) is 3.09. The van der Waals surface area contributed by atoms with Crippen LogP contribution in [0.25, 0.3) is 0 Å². The van der Waals surface area contributed by atoms with Crippen LogP contribution >= 0.6 is 11.6 Å². The van der Waals surface area contributed by atoms with Gasteiger partial charge in [-0.05, 0) is 0 Å². The molecule has 0 radical (unpaired) electrons. The van der Waals surface area contributed by atoms with Crippen molar-refractivity contribution in [1.82, 2.24) is 4.57 Å². The summed E-state index contributed by atoms with van der Waals surface area (Å²) in [5, 5.41) is -0.159. The molecule has 1 aromatic rings. The average Bonchev–Trinajstić information content (AvgIpc) is 2.07. The second-order valence-electron chi connectivity index (χ2n) is 2.78. The molecule has 0 aliphatic heterocycles. The van der Waals surface area contributed by atoms with E-state index >= 15 is 0 Å². The van der Waals surface area contributed by atoms with Crippen molar-refractivity contribution in [2.24, 2.45) is 0 Å². The second-order valence-corrected chi connectivity index (χ2v) is 3.18. The molecule has 0 N–H and O–H groups in total. The summed E-state index contributed by atoms with van der Waals surface area (Å²) in [7, 11) is 0. The van der Waals surface area contributed by atoms with Crippen LogP contribution in [0.15, 0.2) is 17.1 Å². The molecule has 0 bridgehead atoms. The molecule has 0 unspecified atom stereocenters. The van der Waals surface area contributed by atoms with Gasteiger partial charge in [0, 0.05) is 17.8 Å². The molecule has 0 spiro atoms. The molecule has 0 amide bonds. The van der Waals surface area contributed by atoms with Crippen LogP contribution in [0, 0.1) is 0 Å². The van der Waals surface area contributed by atoms with E-state index in [0.29, 0.717) is 4.57 Å². The fraction of sp³-hybridized carbons (Fsp3) is 0.250. The summed E-state index contributed by atoms with van der Waals surface area (Å²) >= 11 is 5.45. The highest BCUT2D eigenvalue weighted by Crippen LogP contribution is 2.17. The number of hydrogen-bond donors (Lipinski definition) is 0. The Kier molecular flexibility index (Phi) is 3.18. The fourth-order valence-corrected chi connectivity index (χ4v) is 1.16. The van der Waals surface area contributed by atoms with E-state index in [9.17, 15) is 22.8 Å². The van der Waals surface area contributed by atoms with E-state index in [1.54, 1.807) is 0 Å². The molecule has 0 saturated carbocycles. The standard InChI is InChI=1S/C8H5ClF3NO2/c9-6-1-7(15)13(2-5(6)3-14)4-8(10,11)12/h1-3H,4H2. The number of nitrogens with zero attached hydrogens (tertiary/aromatic N) is 1. The number of pyridine rings is 1. The van der Waals surface area contributed by atoms with Gasteiger partial charge in [0.05, 0.1) is 5.02 Å². The van der Waals surface area contributed by atoms with E-state index in [-0.39, 0.29) is 16.9 Å². The lowest BCUT2D eigenvalue weighted by Crippen LogP contribution is -2.27. The Hall–Kier alpha value is -1.30. The first-order chi connectivity index (χ1) is 6.83. The molecule has 0 saturated heterocycles. The highest BCUT2D eigenvalue weighted by molar-refractivity contribution is 6.32. The molecule has 15 heavy (non-hydrogen) atoms. The molecule has 0 fully saturated rings. The quantitative estimate of drug-likeness (QED) is 0.739. The minimum absolute atomic E-state index is 0.152. The maximum absolute atomic E-state index is 12.0. The smallest absolute Gasteiger partial charge is 0.306 e. The lowest BCUT2D eigenvalue weighted by atomic mass is 10.3. The summed E-state index contributed by atoms with van der Waals surface area (Å²) < 4.78 is 36.3. The van der Waals surface area contributed by atoms with E-state index < -0.39 is 18.3 Å². The van der Waals surface area contributed by atoms with Gasteiger partial charge in [0.15, 0.2) is 6.29 Å². The zero-order valence-electron chi connectivity index (χ0n) is 7.21. The minimum atomic E-state index is -4.52. The highest BCUT2D eigenvalue weighted by Gasteiger charge is 2.28. The molecular weight excluding hydrogens is 235 g/mol. The fourth-order valence-electron chi connectivity index (χ4n) is 0.971. The molecule has 1 aromatic heterocycles. The third-order valence-corrected chi connectivity index (χ3v) is 1.91.